The zero-order chi connectivity index (χ0) is 30.9. The molecule has 2 aromatic carbocycles. The maximum atomic E-state index is 13.5. The standard InChI is InChI=1S/C30H37N7O4.CH2O2/c1-40-27-11-10-23-16-28(27)41-14-3-2-12-35(19-29(38)31-17-24-15-26(23)37-13-4-5-25(24)37)30(39)22-8-6-21(7-9-22)18-36-20-32-33-34-36;2-1-3/h6-11,16,20,24-26H,2-5,12-15,17-19H2,1H3,(H,31,38);1H,(H,2,3)/t24-,25+,26-;/m1./s1. The number of fused-ring (bicyclic) bond motifs is 8. The van der Waals surface area contributed by atoms with Gasteiger partial charge in [-0.2, -0.15) is 0 Å². The zero-order valence-corrected chi connectivity index (χ0v) is 24.9. The average Bonchev–Trinajstić information content (AvgIpc) is 3.79. The van der Waals surface area contributed by atoms with Crippen LogP contribution >= 0.6 is 0 Å². The SMILES string of the molecule is COc1ccc2cc1OCCCCN(C(=O)c1ccc(Cn3cnnn3)cc1)CC(=O)NC[C@H]1C[C@H]2N2CCC[C@@H]12.O=CO. The number of ether oxygens (including phenoxy) is 2. The molecule has 0 spiro atoms. The third-order valence-electron chi connectivity index (χ3n) is 8.59. The minimum absolute atomic E-state index is 0.0312. The van der Waals surface area contributed by atoms with Gasteiger partial charge in [-0.25, -0.2) is 4.68 Å². The summed E-state index contributed by atoms with van der Waals surface area (Å²) in [4.78, 5) is 39.3. The first kappa shape index (κ1) is 30.9. The van der Waals surface area contributed by atoms with Crippen molar-refractivity contribution in [1.29, 1.82) is 0 Å². The molecule has 13 heteroatoms. The van der Waals surface area contributed by atoms with Gasteiger partial charge in [0.05, 0.1) is 26.8 Å². The summed E-state index contributed by atoms with van der Waals surface area (Å²) in [5.41, 5.74) is 2.77. The lowest BCUT2D eigenvalue weighted by Crippen LogP contribution is -2.43. The van der Waals surface area contributed by atoms with Crippen molar-refractivity contribution >= 4 is 18.3 Å². The predicted molar refractivity (Wildman–Crippen MR) is 159 cm³/mol. The fraction of sp³-hybridized carbons (Fsp3) is 0.484. The molecule has 4 bridgehead atoms. The second-order valence-electron chi connectivity index (χ2n) is 11.3. The molecule has 6 rings (SSSR count). The van der Waals surface area contributed by atoms with E-state index in [4.69, 9.17) is 19.4 Å². The number of aromatic nitrogens is 4. The number of nitrogens with one attached hydrogen (secondary N) is 1. The third-order valence-corrected chi connectivity index (χ3v) is 8.59. The fourth-order valence-electron chi connectivity index (χ4n) is 6.54. The maximum Gasteiger partial charge on any atom is 0.290 e. The molecule has 2 saturated heterocycles. The van der Waals surface area contributed by atoms with Crippen LogP contribution in [0.4, 0.5) is 0 Å². The normalized spacial score (nSPS) is 22.2. The van der Waals surface area contributed by atoms with Crippen molar-refractivity contribution in [3.05, 3.63) is 65.5 Å². The Labute approximate surface area is 256 Å². The molecule has 2 N–H and O–H groups in total. The second kappa shape index (κ2) is 14.8. The largest absolute Gasteiger partial charge is 0.493 e. The Kier molecular flexibility index (Phi) is 10.4. The van der Waals surface area contributed by atoms with Crippen LogP contribution in [0, 0.1) is 5.92 Å². The van der Waals surface area contributed by atoms with Gasteiger partial charge in [-0.1, -0.05) is 18.2 Å². The molecule has 0 saturated carbocycles. The summed E-state index contributed by atoms with van der Waals surface area (Å²) < 4.78 is 13.4. The van der Waals surface area contributed by atoms with Crippen molar-refractivity contribution in [2.24, 2.45) is 5.92 Å². The minimum atomic E-state index is -0.250. The number of benzene rings is 2. The van der Waals surface area contributed by atoms with Crippen LogP contribution in [0.5, 0.6) is 11.5 Å². The van der Waals surface area contributed by atoms with Gasteiger partial charge in [0.1, 0.15) is 6.33 Å². The summed E-state index contributed by atoms with van der Waals surface area (Å²) in [6.45, 7) is 2.94. The molecule has 1 aromatic heterocycles. The zero-order valence-electron chi connectivity index (χ0n) is 24.9. The highest BCUT2D eigenvalue weighted by Gasteiger charge is 2.44. The molecule has 2 fully saturated rings. The molecule has 0 unspecified atom stereocenters. The smallest absolute Gasteiger partial charge is 0.290 e. The molecule has 3 aliphatic rings. The number of carbonyl (C=O) groups excluding carboxylic acids is 2. The Bertz CT molecular complexity index is 1400. The van der Waals surface area contributed by atoms with Crippen molar-refractivity contribution in [3.63, 3.8) is 0 Å². The van der Waals surface area contributed by atoms with E-state index < -0.39 is 0 Å². The first-order valence-electron chi connectivity index (χ1n) is 15.0. The van der Waals surface area contributed by atoms with E-state index in [0.29, 0.717) is 56.2 Å². The molecule has 44 heavy (non-hydrogen) atoms. The fourth-order valence-corrected chi connectivity index (χ4v) is 6.54. The van der Waals surface area contributed by atoms with Crippen LogP contribution in [0.15, 0.2) is 48.8 Å². The first-order chi connectivity index (χ1) is 21.5. The summed E-state index contributed by atoms with van der Waals surface area (Å²) in [5, 5.41) is 21.3. The van der Waals surface area contributed by atoms with Gasteiger partial charge in [0.25, 0.3) is 12.4 Å². The second-order valence-corrected chi connectivity index (χ2v) is 11.3. The Hall–Kier alpha value is -4.52. The van der Waals surface area contributed by atoms with Gasteiger partial charge in [-0.3, -0.25) is 19.3 Å². The molecule has 0 radical (unpaired) electrons. The molecule has 4 heterocycles. The van der Waals surface area contributed by atoms with Gasteiger partial charge in [-0.15, -0.1) is 5.10 Å². The molecule has 0 aliphatic carbocycles. The molecule has 234 valence electrons. The summed E-state index contributed by atoms with van der Waals surface area (Å²) >= 11 is 0. The topological polar surface area (TPSA) is 152 Å². The number of carboxylic acid groups (broad SMARTS) is 1. The molecule has 3 aromatic rings. The van der Waals surface area contributed by atoms with Crippen LogP contribution < -0.4 is 14.8 Å². The van der Waals surface area contributed by atoms with Crippen LogP contribution in [0.1, 0.15) is 59.6 Å². The summed E-state index contributed by atoms with van der Waals surface area (Å²) in [6.07, 6.45) is 6.29. The van der Waals surface area contributed by atoms with E-state index in [1.807, 2.05) is 18.2 Å². The molecule has 2 amide bonds. The van der Waals surface area contributed by atoms with Gasteiger partial charge >= 0.3 is 0 Å². The maximum absolute atomic E-state index is 13.5. The Balaban J connectivity index is 0.00000123. The predicted octanol–water partition coefficient (Wildman–Crippen LogP) is 2.39. The molecular weight excluding hydrogens is 566 g/mol. The van der Waals surface area contributed by atoms with E-state index in [1.54, 1.807) is 35.2 Å². The van der Waals surface area contributed by atoms with E-state index >= 15 is 0 Å². The van der Waals surface area contributed by atoms with E-state index in [0.717, 1.165) is 42.9 Å². The van der Waals surface area contributed by atoms with Crippen molar-refractivity contribution in [2.75, 3.05) is 39.9 Å². The third kappa shape index (κ3) is 7.33. The Morgan fingerprint density at radius 2 is 1.98 bits per heavy atom. The number of carbonyl (C=O) groups is 3. The van der Waals surface area contributed by atoms with Crippen molar-refractivity contribution in [3.8, 4) is 11.5 Å². The highest BCUT2D eigenvalue weighted by atomic mass is 16.5. The number of methoxy groups -OCH3 is 1. The number of hydrogen-bond acceptors (Lipinski definition) is 9. The van der Waals surface area contributed by atoms with E-state index in [1.165, 1.54) is 12.0 Å². The Morgan fingerprint density at radius 1 is 1.16 bits per heavy atom. The monoisotopic (exact) mass is 605 g/mol. The number of amides is 2. The van der Waals surface area contributed by atoms with Gasteiger partial charge < -0.3 is 24.8 Å². The molecular formula is C31H39N7O6. The van der Waals surface area contributed by atoms with E-state index in [-0.39, 0.29) is 24.8 Å². The van der Waals surface area contributed by atoms with E-state index in [9.17, 15) is 9.59 Å². The first-order valence-corrected chi connectivity index (χ1v) is 15.0. The lowest BCUT2D eigenvalue weighted by Gasteiger charge is -2.25. The van der Waals surface area contributed by atoms with Crippen LogP contribution in [0.3, 0.4) is 0 Å². The highest BCUT2D eigenvalue weighted by molar-refractivity contribution is 5.96. The number of hydrogen-bond donors (Lipinski definition) is 2. The van der Waals surface area contributed by atoms with Crippen molar-refractivity contribution in [1.82, 2.24) is 35.3 Å². The summed E-state index contributed by atoms with van der Waals surface area (Å²) in [5.74, 6) is 1.59. The molecule has 13 nitrogen and oxygen atoms in total. The van der Waals surface area contributed by atoms with Crippen LogP contribution in [0.2, 0.25) is 0 Å². The van der Waals surface area contributed by atoms with Crippen molar-refractivity contribution < 1.29 is 29.0 Å². The van der Waals surface area contributed by atoms with Gasteiger partial charge in [0.15, 0.2) is 11.5 Å². The molecule has 3 atom stereocenters. The summed E-state index contributed by atoms with van der Waals surface area (Å²) in [6, 6.07) is 14.4. The Morgan fingerprint density at radius 3 is 2.73 bits per heavy atom. The highest BCUT2D eigenvalue weighted by Crippen LogP contribution is 2.46. The lowest BCUT2D eigenvalue weighted by molar-refractivity contribution is -0.123. The van der Waals surface area contributed by atoms with E-state index in [2.05, 4.69) is 37.9 Å². The van der Waals surface area contributed by atoms with Crippen LogP contribution in [0.25, 0.3) is 0 Å². The average molecular weight is 606 g/mol. The lowest BCUT2D eigenvalue weighted by atomic mass is 9.94. The summed E-state index contributed by atoms with van der Waals surface area (Å²) in [7, 11) is 1.67. The van der Waals surface area contributed by atoms with Gasteiger partial charge in [-0.05, 0) is 90.4 Å². The number of tetrazole rings is 1. The number of rotatable bonds is 4. The van der Waals surface area contributed by atoms with Crippen LogP contribution in [-0.2, 0) is 16.1 Å². The minimum Gasteiger partial charge on any atom is -0.493 e. The van der Waals surface area contributed by atoms with Gasteiger partial charge in [0, 0.05) is 30.7 Å². The number of nitrogens with zero attached hydrogens (tertiary/aromatic N) is 6. The molecule has 3 aliphatic heterocycles. The quantitative estimate of drug-likeness (QED) is 0.424. The van der Waals surface area contributed by atoms with Gasteiger partial charge in [0.2, 0.25) is 5.91 Å². The van der Waals surface area contributed by atoms with Crippen LogP contribution in [-0.4, -0.2) is 99.3 Å². The van der Waals surface area contributed by atoms with Crippen molar-refractivity contribution in [2.45, 2.75) is 50.7 Å².